The first-order valence-corrected chi connectivity index (χ1v) is 11.4. The topological polar surface area (TPSA) is 127 Å². The maximum absolute atomic E-state index is 12.7. The van der Waals surface area contributed by atoms with Gasteiger partial charge in [-0.1, -0.05) is 25.5 Å². The Labute approximate surface area is 175 Å². The van der Waals surface area contributed by atoms with E-state index in [-0.39, 0.29) is 22.8 Å². The standard InChI is InChI=1S/C19H25N5O5S/c1-3-6-16-17(24(26)27)18(22(2)21-16)19(25)20-15-9-7-14(8-10-15)13-30(28,29)23-11-4-5-12-23/h7-10H,3-6,11-13H2,1-2H3,(H,20,25). The molecule has 1 aliphatic heterocycles. The average Bonchev–Trinajstić information content (AvgIpc) is 3.32. The summed E-state index contributed by atoms with van der Waals surface area (Å²) < 4.78 is 27.6. The molecular weight excluding hydrogens is 410 g/mol. The Hall–Kier alpha value is -2.79. The van der Waals surface area contributed by atoms with Crippen molar-refractivity contribution in [3.63, 3.8) is 0 Å². The molecule has 0 radical (unpaired) electrons. The van der Waals surface area contributed by atoms with Crippen LogP contribution >= 0.6 is 0 Å². The Morgan fingerprint density at radius 1 is 1.23 bits per heavy atom. The van der Waals surface area contributed by atoms with Gasteiger partial charge in [-0.05, 0) is 37.0 Å². The van der Waals surface area contributed by atoms with Gasteiger partial charge in [0.1, 0.15) is 5.69 Å². The Bertz CT molecular complexity index is 1040. The van der Waals surface area contributed by atoms with E-state index in [9.17, 15) is 23.3 Å². The van der Waals surface area contributed by atoms with Gasteiger partial charge in [-0.25, -0.2) is 12.7 Å². The molecule has 1 aromatic heterocycles. The number of carbonyl (C=O) groups excluding carboxylic acids is 1. The first-order valence-electron chi connectivity index (χ1n) is 9.81. The number of nitrogens with zero attached hydrogens (tertiary/aromatic N) is 4. The average molecular weight is 436 g/mol. The second kappa shape index (κ2) is 8.92. The van der Waals surface area contributed by atoms with E-state index in [1.807, 2.05) is 6.92 Å². The molecule has 10 nitrogen and oxygen atoms in total. The molecule has 0 unspecified atom stereocenters. The summed E-state index contributed by atoms with van der Waals surface area (Å²) in [6.45, 7) is 2.99. The molecule has 3 rings (SSSR count). The van der Waals surface area contributed by atoms with Crippen LogP contribution in [0.25, 0.3) is 0 Å². The second-order valence-electron chi connectivity index (χ2n) is 7.29. The van der Waals surface area contributed by atoms with Gasteiger partial charge >= 0.3 is 5.69 Å². The SMILES string of the molecule is CCCc1nn(C)c(C(=O)Nc2ccc(CS(=O)(=O)N3CCCC3)cc2)c1[N+](=O)[O-]. The van der Waals surface area contributed by atoms with E-state index in [4.69, 9.17) is 0 Å². The molecule has 2 aromatic rings. The maximum atomic E-state index is 12.7. The van der Waals surface area contributed by atoms with Crippen molar-refractivity contribution in [3.8, 4) is 0 Å². The highest BCUT2D eigenvalue weighted by Crippen LogP contribution is 2.25. The minimum Gasteiger partial charge on any atom is -0.320 e. The Morgan fingerprint density at radius 2 is 1.87 bits per heavy atom. The van der Waals surface area contributed by atoms with Crippen LogP contribution in [-0.4, -0.2) is 46.4 Å². The smallest absolute Gasteiger partial charge is 0.320 e. The third-order valence-corrected chi connectivity index (χ3v) is 6.85. The summed E-state index contributed by atoms with van der Waals surface area (Å²) in [6.07, 6.45) is 2.83. The molecule has 1 aliphatic rings. The molecule has 0 bridgehead atoms. The van der Waals surface area contributed by atoms with Crippen molar-refractivity contribution >= 4 is 27.3 Å². The molecule has 1 N–H and O–H groups in total. The van der Waals surface area contributed by atoms with Gasteiger partial charge in [0.2, 0.25) is 15.7 Å². The van der Waals surface area contributed by atoms with Gasteiger partial charge in [-0.3, -0.25) is 19.6 Å². The summed E-state index contributed by atoms with van der Waals surface area (Å²) in [5, 5.41) is 18.2. The summed E-state index contributed by atoms with van der Waals surface area (Å²) in [5.41, 5.74) is 0.887. The lowest BCUT2D eigenvalue weighted by atomic mass is 10.2. The summed E-state index contributed by atoms with van der Waals surface area (Å²) in [7, 11) is -1.86. The first kappa shape index (κ1) is 21.9. The molecule has 2 heterocycles. The van der Waals surface area contributed by atoms with Crippen LogP contribution in [0.2, 0.25) is 0 Å². The largest absolute Gasteiger partial charge is 0.323 e. The monoisotopic (exact) mass is 435 g/mol. The molecule has 0 spiro atoms. The van der Waals surface area contributed by atoms with Gasteiger partial charge < -0.3 is 5.32 Å². The molecule has 1 fully saturated rings. The zero-order valence-corrected chi connectivity index (χ0v) is 17.8. The van der Waals surface area contributed by atoms with Gasteiger partial charge in [0, 0.05) is 25.8 Å². The summed E-state index contributed by atoms with van der Waals surface area (Å²) in [6, 6.07) is 6.43. The number of amides is 1. The number of carbonyl (C=O) groups is 1. The Balaban J connectivity index is 1.74. The van der Waals surface area contributed by atoms with Crippen molar-refractivity contribution in [1.29, 1.82) is 0 Å². The zero-order valence-electron chi connectivity index (χ0n) is 17.0. The highest BCUT2D eigenvalue weighted by molar-refractivity contribution is 7.88. The van der Waals surface area contributed by atoms with Crippen LogP contribution < -0.4 is 5.32 Å². The zero-order chi connectivity index (χ0) is 21.9. The van der Waals surface area contributed by atoms with Gasteiger partial charge in [0.05, 0.1) is 10.7 Å². The van der Waals surface area contributed by atoms with Gasteiger partial charge in [-0.2, -0.15) is 5.10 Å². The lowest BCUT2D eigenvalue weighted by Crippen LogP contribution is -2.29. The molecule has 0 saturated carbocycles. The molecule has 1 amide bonds. The lowest BCUT2D eigenvalue weighted by molar-refractivity contribution is -0.385. The van der Waals surface area contributed by atoms with Gasteiger partial charge in [-0.15, -0.1) is 0 Å². The third kappa shape index (κ3) is 4.68. The van der Waals surface area contributed by atoms with Crippen LogP contribution in [0.5, 0.6) is 0 Å². The molecule has 0 aliphatic carbocycles. The van der Waals surface area contributed by atoms with E-state index < -0.39 is 20.9 Å². The van der Waals surface area contributed by atoms with E-state index in [2.05, 4.69) is 10.4 Å². The van der Waals surface area contributed by atoms with Crippen molar-refractivity contribution in [1.82, 2.24) is 14.1 Å². The number of sulfonamides is 1. The third-order valence-electron chi connectivity index (χ3n) is 5.00. The molecule has 30 heavy (non-hydrogen) atoms. The predicted octanol–water partition coefficient (Wildman–Crippen LogP) is 2.46. The fourth-order valence-corrected chi connectivity index (χ4v) is 5.17. The van der Waals surface area contributed by atoms with Crippen molar-refractivity contribution < 1.29 is 18.1 Å². The lowest BCUT2D eigenvalue weighted by Gasteiger charge is -2.15. The van der Waals surface area contributed by atoms with E-state index >= 15 is 0 Å². The number of rotatable bonds is 8. The van der Waals surface area contributed by atoms with Crippen LogP contribution in [-0.2, 0) is 29.2 Å². The molecule has 162 valence electrons. The predicted molar refractivity (Wildman–Crippen MR) is 112 cm³/mol. The highest BCUT2D eigenvalue weighted by atomic mass is 32.2. The minimum absolute atomic E-state index is 0.102. The van der Waals surface area contributed by atoms with E-state index in [0.29, 0.717) is 37.2 Å². The van der Waals surface area contributed by atoms with E-state index in [0.717, 1.165) is 12.8 Å². The van der Waals surface area contributed by atoms with Crippen LogP contribution in [0, 0.1) is 10.1 Å². The number of hydrogen-bond donors (Lipinski definition) is 1. The summed E-state index contributed by atoms with van der Waals surface area (Å²) in [4.78, 5) is 23.6. The Morgan fingerprint density at radius 3 is 2.43 bits per heavy atom. The second-order valence-corrected chi connectivity index (χ2v) is 9.26. The van der Waals surface area contributed by atoms with E-state index in [1.165, 1.54) is 16.0 Å². The van der Waals surface area contributed by atoms with Crippen molar-refractivity contribution in [2.45, 2.75) is 38.4 Å². The fraction of sp³-hybridized carbons (Fsp3) is 0.474. The van der Waals surface area contributed by atoms with Gasteiger partial charge in [0.25, 0.3) is 5.91 Å². The van der Waals surface area contributed by atoms with Gasteiger partial charge in [0.15, 0.2) is 0 Å². The van der Waals surface area contributed by atoms with Crippen molar-refractivity contribution in [2.24, 2.45) is 7.05 Å². The number of anilines is 1. The summed E-state index contributed by atoms with van der Waals surface area (Å²) >= 11 is 0. The maximum Gasteiger partial charge on any atom is 0.323 e. The molecule has 0 atom stereocenters. The summed E-state index contributed by atoms with van der Waals surface area (Å²) in [5.74, 6) is -0.745. The highest BCUT2D eigenvalue weighted by Gasteiger charge is 2.31. The normalized spacial score (nSPS) is 14.7. The number of nitrogens with one attached hydrogen (secondary N) is 1. The number of aryl methyl sites for hydroxylation is 2. The number of aromatic nitrogens is 2. The van der Waals surface area contributed by atoms with Crippen LogP contribution in [0.3, 0.4) is 0 Å². The number of nitro groups is 1. The fourth-order valence-electron chi connectivity index (χ4n) is 3.56. The number of benzene rings is 1. The molecule has 11 heteroatoms. The van der Waals surface area contributed by atoms with E-state index in [1.54, 1.807) is 24.3 Å². The number of hydrogen-bond acceptors (Lipinski definition) is 6. The quantitative estimate of drug-likeness (QED) is 0.501. The molecule has 1 saturated heterocycles. The van der Waals surface area contributed by atoms with Crippen LogP contribution in [0.4, 0.5) is 11.4 Å². The molecular formula is C19H25N5O5S. The van der Waals surface area contributed by atoms with Crippen LogP contribution in [0.1, 0.15) is 47.9 Å². The Kier molecular flexibility index (Phi) is 6.52. The van der Waals surface area contributed by atoms with Crippen molar-refractivity contribution in [2.75, 3.05) is 18.4 Å². The van der Waals surface area contributed by atoms with Crippen LogP contribution in [0.15, 0.2) is 24.3 Å². The first-order chi connectivity index (χ1) is 14.2. The minimum atomic E-state index is -3.36. The van der Waals surface area contributed by atoms with Crippen molar-refractivity contribution in [3.05, 3.63) is 51.3 Å². The molecule has 1 aromatic carbocycles.